The molecule has 1 aromatic carbocycles. The highest BCUT2D eigenvalue weighted by Gasteiger charge is 2.32. The molecule has 3 N–H and O–H groups in total. The van der Waals surface area contributed by atoms with Crippen molar-refractivity contribution < 1.29 is 27.9 Å². The first-order valence-corrected chi connectivity index (χ1v) is 11.7. The van der Waals surface area contributed by atoms with E-state index in [0.29, 0.717) is 17.2 Å². The molecule has 1 fully saturated rings. The Hall–Kier alpha value is -3.89. The first-order valence-electron chi connectivity index (χ1n) is 11.7. The van der Waals surface area contributed by atoms with E-state index in [9.17, 15) is 22.8 Å². The van der Waals surface area contributed by atoms with Crippen LogP contribution in [0, 0.1) is 5.92 Å². The monoisotopic (exact) mass is 501 g/mol. The van der Waals surface area contributed by atoms with Gasteiger partial charge >= 0.3 is 12.1 Å². The third-order valence-corrected chi connectivity index (χ3v) is 6.24. The van der Waals surface area contributed by atoms with E-state index >= 15 is 0 Å². The number of alkyl halides is 3. The fourth-order valence-electron chi connectivity index (χ4n) is 4.37. The topological polar surface area (TPSA) is 109 Å². The molecule has 4 rings (SSSR count). The molecule has 1 aliphatic carbocycles. The molecule has 36 heavy (non-hydrogen) atoms. The molecule has 8 nitrogen and oxygen atoms in total. The molecule has 2 heterocycles. The number of hydrogen-bond acceptors (Lipinski definition) is 5. The summed E-state index contributed by atoms with van der Waals surface area (Å²) < 4.78 is 39.7. The van der Waals surface area contributed by atoms with Crippen LogP contribution in [0.2, 0.25) is 0 Å². The smallest absolute Gasteiger partial charge is 0.419 e. The van der Waals surface area contributed by atoms with Crippen LogP contribution in [-0.4, -0.2) is 38.3 Å². The molecule has 1 aliphatic rings. The summed E-state index contributed by atoms with van der Waals surface area (Å²) in [6.07, 6.45) is 2.97. The number of halogens is 3. The molecule has 2 aromatic heterocycles. The predicted octanol–water partition coefficient (Wildman–Crippen LogP) is 4.83. The third-order valence-electron chi connectivity index (χ3n) is 6.24. The van der Waals surface area contributed by atoms with Gasteiger partial charge in [-0.25, -0.2) is 9.67 Å². The lowest BCUT2D eigenvalue weighted by molar-refractivity contribution is -0.138. The number of anilines is 1. The van der Waals surface area contributed by atoms with E-state index in [4.69, 9.17) is 5.11 Å². The number of hydrogen-bond donors (Lipinski definition) is 3. The Morgan fingerprint density at radius 3 is 2.39 bits per heavy atom. The van der Waals surface area contributed by atoms with Crippen molar-refractivity contribution in [1.29, 1.82) is 0 Å². The Labute approximate surface area is 205 Å². The van der Waals surface area contributed by atoms with Crippen molar-refractivity contribution in [2.24, 2.45) is 5.92 Å². The highest BCUT2D eigenvalue weighted by molar-refractivity contribution is 5.94. The summed E-state index contributed by atoms with van der Waals surface area (Å²) in [4.78, 5) is 27.2. The number of benzene rings is 1. The number of carboxylic acid groups (broad SMARTS) is 1. The van der Waals surface area contributed by atoms with Crippen molar-refractivity contribution in [3.05, 3.63) is 71.7 Å². The van der Waals surface area contributed by atoms with Gasteiger partial charge in [0, 0.05) is 18.3 Å². The quantitative estimate of drug-likeness (QED) is 0.387. The maximum Gasteiger partial charge on any atom is 0.419 e. The van der Waals surface area contributed by atoms with Gasteiger partial charge in [-0.05, 0) is 48.6 Å². The second-order valence-electron chi connectivity index (χ2n) is 8.76. The third kappa shape index (κ3) is 6.21. The molecule has 0 unspecified atom stereocenters. The van der Waals surface area contributed by atoms with Gasteiger partial charge in [0.15, 0.2) is 5.82 Å². The summed E-state index contributed by atoms with van der Waals surface area (Å²) in [6, 6.07) is 10.5. The van der Waals surface area contributed by atoms with E-state index in [1.54, 1.807) is 30.5 Å². The number of aromatic nitrogens is 3. The highest BCUT2D eigenvalue weighted by atomic mass is 19.4. The summed E-state index contributed by atoms with van der Waals surface area (Å²) in [5, 5.41) is 18.6. The standard InChI is InChI=1S/C25H26F3N5O3/c26-25(27,28)19-13-31-33(15-19)21-10-9-20(14-30-21)32-23(16-3-1-2-4-16)17-5-7-18(8-6-17)24(36)29-12-11-22(34)35/h5-10,13-16,23,32H,1-4,11-12H2,(H,29,36)(H,34,35)/t23-/m0/s1. The van der Waals surface area contributed by atoms with Crippen LogP contribution in [0.15, 0.2) is 55.0 Å². The SMILES string of the molecule is O=C(O)CCNC(=O)c1ccc([C@@H](Nc2ccc(-n3cc(C(F)(F)F)cn3)nc2)C2CCCC2)cc1. The van der Waals surface area contributed by atoms with E-state index in [2.05, 4.69) is 20.7 Å². The summed E-state index contributed by atoms with van der Waals surface area (Å²) in [7, 11) is 0. The second kappa shape index (κ2) is 10.8. The number of carbonyl (C=O) groups excluding carboxylic acids is 1. The van der Waals surface area contributed by atoms with Gasteiger partial charge in [0.2, 0.25) is 0 Å². The van der Waals surface area contributed by atoms with Gasteiger partial charge in [-0.2, -0.15) is 18.3 Å². The average molecular weight is 502 g/mol. The van der Waals surface area contributed by atoms with Crippen LogP contribution in [0.5, 0.6) is 0 Å². The maximum atomic E-state index is 12.9. The number of nitrogens with zero attached hydrogens (tertiary/aromatic N) is 3. The van der Waals surface area contributed by atoms with Crippen LogP contribution >= 0.6 is 0 Å². The summed E-state index contributed by atoms with van der Waals surface area (Å²) in [6.45, 7) is 0.0568. The van der Waals surface area contributed by atoms with E-state index in [0.717, 1.165) is 48.3 Å². The van der Waals surface area contributed by atoms with Gasteiger partial charge in [-0.3, -0.25) is 9.59 Å². The number of rotatable bonds is 9. The van der Waals surface area contributed by atoms with Gasteiger partial charge in [0.25, 0.3) is 5.91 Å². The van der Waals surface area contributed by atoms with Crippen molar-refractivity contribution in [1.82, 2.24) is 20.1 Å². The van der Waals surface area contributed by atoms with Crippen LogP contribution in [0.3, 0.4) is 0 Å². The fourth-order valence-corrected chi connectivity index (χ4v) is 4.37. The van der Waals surface area contributed by atoms with Crippen molar-refractivity contribution in [2.75, 3.05) is 11.9 Å². The fraction of sp³-hybridized carbons (Fsp3) is 0.360. The molecule has 0 spiro atoms. The van der Waals surface area contributed by atoms with Gasteiger partial charge in [0.1, 0.15) is 0 Å². The number of carbonyl (C=O) groups is 2. The number of pyridine rings is 1. The summed E-state index contributed by atoms with van der Waals surface area (Å²) in [5.74, 6) is -0.665. The zero-order chi connectivity index (χ0) is 25.7. The minimum absolute atomic E-state index is 0.0363. The van der Waals surface area contributed by atoms with Gasteiger partial charge in [-0.15, -0.1) is 0 Å². The molecule has 190 valence electrons. The van der Waals surface area contributed by atoms with Gasteiger partial charge < -0.3 is 15.7 Å². The minimum Gasteiger partial charge on any atom is -0.481 e. The lowest BCUT2D eigenvalue weighted by Gasteiger charge is -2.26. The molecular weight excluding hydrogens is 475 g/mol. The second-order valence-corrected chi connectivity index (χ2v) is 8.76. The average Bonchev–Trinajstić information content (AvgIpc) is 3.55. The molecule has 11 heteroatoms. The first kappa shape index (κ1) is 25.2. The van der Waals surface area contributed by atoms with Crippen molar-refractivity contribution in [2.45, 2.75) is 44.3 Å². The lowest BCUT2D eigenvalue weighted by Crippen LogP contribution is -2.26. The molecule has 0 aliphatic heterocycles. The number of aliphatic carboxylic acids is 1. The summed E-state index contributed by atoms with van der Waals surface area (Å²) in [5.41, 5.74) is 1.31. The molecule has 1 saturated carbocycles. The number of amides is 1. The molecule has 0 bridgehead atoms. The molecule has 0 radical (unpaired) electrons. The Morgan fingerprint density at radius 1 is 1.08 bits per heavy atom. The first-order chi connectivity index (χ1) is 17.2. The van der Waals surface area contributed by atoms with Crippen LogP contribution in [0.25, 0.3) is 5.82 Å². The Kier molecular flexibility index (Phi) is 7.56. The van der Waals surface area contributed by atoms with Crippen LogP contribution in [0.1, 0.15) is 59.6 Å². The molecule has 1 atom stereocenters. The molecule has 1 amide bonds. The number of nitrogens with one attached hydrogen (secondary N) is 2. The maximum absolute atomic E-state index is 12.9. The van der Waals surface area contributed by atoms with Gasteiger partial charge in [0.05, 0.1) is 36.1 Å². The predicted molar refractivity (Wildman–Crippen MR) is 126 cm³/mol. The van der Waals surface area contributed by atoms with Crippen LogP contribution < -0.4 is 10.6 Å². The van der Waals surface area contributed by atoms with Crippen LogP contribution in [0.4, 0.5) is 18.9 Å². The zero-order valence-corrected chi connectivity index (χ0v) is 19.3. The molecule has 3 aromatic rings. The Balaban J connectivity index is 1.47. The van der Waals surface area contributed by atoms with Gasteiger partial charge in [-0.1, -0.05) is 25.0 Å². The van der Waals surface area contributed by atoms with E-state index in [-0.39, 0.29) is 30.7 Å². The highest BCUT2D eigenvalue weighted by Crippen LogP contribution is 2.38. The summed E-state index contributed by atoms with van der Waals surface area (Å²) >= 11 is 0. The lowest BCUT2D eigenvalue weighted by atomic mass is 9.91. The Morgan fingerprint density at radius 2 is 1.81 bits per heavy atom. The van der Waals surface area contributed by atoms with Crippen molar-refractivity contribution in [3.63, 3.8) is 0 Å². The molecular formula is C25H26F3N5O3. The van der Waals surface area contributed by atoms with Crippen molar-refractivity contribution >= 4 is 17.6 Å². The van der Waals surface area contributed by atoms with E-state index in [1.165, 1.54) is 0 Å². The zero-order valence-electron chi connectivity index (χ0n) is 19.3. The Bertz CT molecular complexity index is 1190. The van der Waals surface area contributed by atoms with Crippen molar-refractivity contribution in [3.8, 4) is 5.82 Å². The molecule has 0 saturated heterocycles. The van der Waals surface area contributed by atoms with E-state index < -0.39 is 17.7 Å². The van der Waals surface area contributed by atoms with E-state index in [1.807, 2.05) is 12.1 Å². The minimum atomic E-state index is -4.47. The largest absolute Gasteiger partial charge is 0.481 e. The normalized spacial score (nSPS) is 15.0. The number of carboxylic acids is 1. The van der Waals surface area contributed by atoms with Crippen LogP contribution in [-0.2, 0) is 11.0 Å².